The maximum Gasteiger partial charge on any atom is 0.338 e. The molecule has 1 atom stereocenters. The van der Waals surface area contributed by atoms with Gasteiger partial charge in [0.2, 0.25) is 11.1 Å². The van der Waals surface area contributed by atoms with Crippen molar-refractivity contribution in [3.63, 3.8) is 0 Å². The Kier molecular flexibility index (Phi) is 7.32. The molecule has 1 aliphatic rings. The zero-order chi connectivity index (χ0) is 24.1. The van der Waals surface area contributed by atoms with Crippen LogP contribution in [0, 0.1) is 5.82 Å². The van der Waals surface area contributed by atoms with Crippen LogP contribution < -0.4 is 10.1 Å². The van der Waals surface area contributed by atoms with Gasteiger partial charge in [-0.1, -0.05) is 54.7 Å². The van der Waals surface area contributed by atoms with E-state index in [0.717, 1.165) is 11.3 Å². The molecule has 0 amide bonds. The van der Waals surface area contributed by atoms with Crippen molar-refractivity contribution < 1.29 is 18.7 Å². The minimum Gasteiger partial charge on any atom is -0.494 e. The third kappa shape index (κ3) is 4.99. The van der Waals surface area contributed by atoms with E-state index in [2.05, 4.69) is 22.0 Å². The van der Waals surface area contributed by atoms with Crippen molar-refractivity contribution in [3.05, 3.63) is 89.4 Å². The smallest absolute Gasteiger partial charge is 0.338 e. The first-order valence-corrected chi connectivity index (χ1v) is 11.8. The third-order valence-corrected chi connectivity index (χ3v) is 6.09. The van der Waals surface area contributed by atoms with Crippen molar-refractivity contribution in [2.45, 2.75) is 30.8 Å². The lowest BCUT2D eigenvalue weighted by molar-refractivity contribution is -0.138. The zero-order valence-corrected chi connectivity index (χ0v) is 19.8. The van der Waals surface area contributed by atoms with Crippen molar-refractivity contribution in [1.29, 1.82) is 0 Å². The van der Waals surface area contributed by atoms with Gasteiger partial charge < -0.3 is 14.8 Å². The van der Waals surface area contributed by atoms with Gasteiger partial charge in [0.15, 0.2) is 0 Å². The number of nitrogens with one attached hydrogen (secondary N) is 1. The molecule has 0 bridgehead atoms. The second-order valence-electron chi connectivity index (χ2n) is 7.50. The standard InChI is InChI=1S/C25H25FN4O3S/c1-4-14-33-23(31)21-16(3)27-24-28-25(34-15-18-8-6-7-9-20(18)26)29-30(24)22(21)17-10-12-19(13-11-17)32-5-2/h4,6-13,22H,1,5,14-15H2,2-3H3,(H,27,28,29). The Morgan fingerprint density at radius 2 is 2.03 bits per heavy atom. The molecule has 1 N–H and O–H groups in total. The van der Waals surface area contributed by atoms with Gasteiger partial charge in [0.25, 0.3) is 0 Å². The molecule has 1 aliphatic heterocycles. The Balaban J connectivity index is 1.68. The number of esters is 1. The number of halogens is 1. The van der Waals surface area contributed by atoms with Gasteiger partial charge in [-0.15, -0.1) is 5.10 Å². The average Bonchev–Trinajstić information content (AvgIpc) is 3.24. The monoisotopic (exact) mass is 480 g/mol. The summed E-state index contributed by atoms with van der Waals surface area (Å²) in [5.41, 5.74) is 2.44. The number of rotatable bonds is 9. The average molecular weight is 481 g/mol. The second-order valence-corrected chi connectivity index (χ2v) is 8.44. The number of allylic oxidation sites excluding steroid dienone is 1. The number of hydrogen-bond acceptors (Lipinski definition) is 7. The van der Waals surface area contributed by atoms with Crippen LogP contribution in [0.25, 0.3) is 0 Å². The van der Waals surface area contributed by atoms with Crippen LogP contribution in [0.15, 0.2) is 77.6 Å². The summed E-state index contributed by atoms with van der Waals surface area (Å²) < 4.78 is 26.6. The molecule has 0 aliphatic carbocycles. The molecular formula is C25H25FN4O3S. The number of carbonyl (C=O) groups is 1. The summed E-state index contributed by atoms with van der Waals surface area (Å²) in [5.74, 6) is 0.869. The third-order valence-electron chi connectivity index (χ3n) is 5.21. The quantitative estimate of drug-likeness (QED) is 0.259. The van der Waals surface area contributed by atoms with Crippen LogP contribution in [0.1, 0.15) is 31.0 Å². The van der Waals surface area contributed by atoms with E-state index < -0.39 is 12.0 Å². The van der Waals surface area contributed by atoms with Crippen LogP contribution in [-0.2, 0) is 15.3 Å². The number of ether oxygens (including phenoxy) is 2. The number of thioether (sulfide) groups is 1. The summed E-state index contributed by atoms with van der Waals surface area (Å²) in [7, 11) is 0. The van der Waals surface area contributed by atoms with Crippen LogP contribution in [-0.4, -0.2) is 33.9 Å². The van der Waals surface area contributed by atoms with Gasteiger partial charge in [0.05, 0.1) is 12.2 Å². The largest absolute Gasteiger partial charge is 0.494 e. The number of nitrogens with zero attached hydrogens (tertiary/aromatic N) is 3. The molecule has 2 heterocycles. The molecule has 9 heteroatoms. The van der Waals surface area contributed by atoms with Crippen LogP contribution in [0.2, 0.25) is 0 Å². The normalized spacial score (nSPS) is 14.9. The van der Waals surface area contributed by atoms with Gasteiger partial charge in [0.1, 0.15) is 24.2 Å². The molecule has 3 aromatic rings. The molecule has 2 aromatic carbocycles. The number of benzene rings is 2. The topological polar surface area (TPSA) is 78.3 Å². The van der Waals surface area contributed by atoms with Crippen molar-refractivity contribution in [1.82, 2.24) is 14.8 Å². The SMILES string of the molecule is C=CCOC(=O)C1=C(C)Nc2nc(SCc3ccccc3F)nn2C1c1ccc(OCC)cc1. The Labute approximate surface area is 201 Å². The number of fused-ring (bicyclic) bond motifs is 1. The van der Waals surface area contributed by atoms with Gasteiger partial charge in [0, 0.05) is 11.4 Å². The van der Waals surface area contributed by atoms with Crippen LogP contribution in [0.4, 0.5) is 10.3 Å². The fraction of sp³-hybridized carbons (Fsp3) is 0.240. The number of hydrogen-bond donors (Lipinski definition) is 1. The van der Waals surface area contributed by atoms with Gasteiger partial charge >= 0.3 is 5.97 Å². The fourth-order valence-corrected chi connectivity index (χ4v) is 4.46. The zero-order valence-electron chi connectivity index (χ0n) is 19.0. The highest BCUT2D eigenvalue weighted by molar-refractivity contribution is 7.98. The van der Waals surface area contributed by atoms with E-state index in [-0.39, 0.29) is 12.4 Å². The predicted octanol–water partition coefficient (Wildman–Crippen LogP) is 5.13. The minimum atomic E-state index is -0.556. The van der Waals surface area contributed by atoms with Gasteiger partial charge in [-0.2, -0.15) is 4.98 Å². The summed E-state index contributed by atoms with van der Waals surface area (Å²) in [6, 6.07) is 13.6. The van der Waals surface area contributed by atoms with E-state index >= 15 is 0 Å². The Hall–Kier alpha value is -3.59. The number of carbonyl (C=O) groups excluding carboxylic acids is 1. The fourth-order valence-electron chi connectivity index (χ4n) is 3.65. The molecule has 7 nitrogen and oxygen atoms in total. The van der Waals surface area contributed by atoms with Crippen LogP contribution >= 0.6 is 11.8 Å². The minimum absolute atomic E-state index is 0.0968. The molecular weight excluding hydrogens is 455 g/mol. The van der Waals surface area contributed by atoms with Crippen molar-refractivity contribution >= 4 is 23.7 Å². The summed E-state index contributed by atoms with van der Waals surface area (Å²) >= 11 is 1.32. The van der Waals surface area contributed by atoms with Crippen LogP contribution in [0.3, 0.4) is 0 Å². The van der Waals surface area contributed by atoms with Crippen molar-refractivity contribution in [3.8, 4) is 5.75 Å². The molecule has 0 saturated heterocycles. The van der Waals surface area contributed by atoms with Gasteiger partial charge in [-0.3, -0.25) is 0 Å². The van der Waals surface area contributed by atoms with E-state index in [1.807, 2.05) is 31.2 Å². The molecule has 0 spiro atoms. The highest BCUT2D eigenvalue weighted by Crippen LogP contribution is 2.37. The van der Waals surface area contributed by atoms with Crippen LogP contribution in [0.5, 0.6) is 5.75 Å². The van der Waals surface area contributed by atoms with Crippen molar-refractivity contribution in [2.75, 3.05) is 18.5 Å². The van der Waals surface area contributed by atoms with Gasteiger partial charge in [-0.25, -0.2) is 13.9 Å². The summed E-state index contributed by atoms with van der Waals surface area (Å²) in [6.07, 6.45) is 1.52. The maximum atomic E-state index is 14.0. The Morgan fingerprint density at radius 1 is 1.26 bits per heavy atom. The lowest BCUT2D eigenvalue weighted by atomic mass is 9.96. The molecule has 176 valence electrons. The van der Waals surface area contributed by atoms with Gasteiger partial charge in [-0.05, 0) is 43.2 Å². The predicted molar refractivity (Wildman–Crippen MR) is 129 cm³/mol. The highest BCUT2D eigenvalue weighted by Gasteiger charge is 2.35. The first-order valence-electron chi connectivity index (χ1n) is 10.8. The molecule has 1 aromatic heterocycles. The molecule has 0 fully saturated rings. The summed E-state index contributed by atoms with van der Waals surface area (Å²) in [6.45, 7) is 7.99. The summed E-state index contributed by atoms with van der Waals surface area (Å²) in [5, 5.41) is 8.28. The Bertz CT molecular complexity index is 1220. The maximum absolute atomic E-state index is 14.0. The first-order chi connectivity index (χ1) is 16.5. The molecule has 0 saturated carbocycles. The lowest BCUT2D eigenvalue weighted by Crippen LogP contribution is -2.29. The molecule has 1 unspecified atom stereocenters. The van der Waals surface area contributed by atoms with E-state index in [9.17, 15) is 9.18 Å². The summed E-state index contributed by atoms with van der Waals surface area (Å²) in [4.78, 5) is 17.6. The molecule has 4 rings (SSSR count). The van der Waals surface area contributed by atoms with E-state index in [0.29, 0.717) is 40.3 Å². The number of anilines is 1. The van der Waals surface area contributed by atoms with E-state index in [1.54, 1.807) is 29.8 Å². The highest BCUT2D eigenvalue weighted by atomic mass is 32.2. The number of aromatic nitrogens is 3. The molecule has 34 heavy (non-hydrogen) atoms. The van der Waals surface area contributed by atoms with E-state index in [4.69, 9.17) is 9.47 Å². The second kappa shape index (κ2) is 10.6. The first kappa shape index (κ1) is 23.6. The lowest BCUT2D eigenvalue weighted by Gasteiger charge is -2.28. The van der Waals surface area contributed by atoms with Crippen molar-refractivity contribution in [2.24, 2.45) is 0 Å². The molecule has 0 radical (unpaired) electrons. The van der Waals surface area contributed by atoms with E-state index in [1.165, 1.54) is 23.9 Å². The Morgan fingerprint density at radius 3 is 2.74 bits per heavy atom.